The minimum atomic E-state index is -0.698. The summed E-state index contributed by atoms with van der Waals surface area (Å²) in [5, 5.41) is 12.7. The molecule has 5 nitrogen and oxygen atoms in total. The number of ether oxygens (including phenoxy) is 2. The van der Waals surface area contributed by atoms with Gasteiger partial charge < -0.3 is 19.9 Å². The molecule has 23 heavy (non-hydrogen) atoms. The number of hydrogen-bond donors (Lipinski definition) is 2. The van der Waals surface area contributed by atoms with E-state index in [0.717, 1.165) is 30.6 Å². The first kappa shape index (κ1) is 17.5. The zero-order valence-corrected chi connectivity index (χ0v) is 13.5. The highest BCUT2D eigenvalue weighted by Crippen LogP contribution is 2.17. The van der Waals surface area contributed by atoms with Gasteiger partial charge in [0, 0.05) is 12.5 Å². The predicted molar refractivity (Wildman–Crippen MR) is 88.1 cm³/mol. The summed E-state index contributed by atoms with van der Waals surface area (Å²) >= 11 is 0. The number of methoxy groups -OCH3 is 1. The minimum Gasteiger partial charge on any atom is -0.497 e. The van der Waals surface area contributed by atoms with E-state index < -0.39 is 6.10 Å². The summed E-state index contributed by atoms with van der Waals surface area (Å²) in [6, 6.07) is 7.58. The van der Waals surface area contributed by atoms with Crippen LogP contribution in [0.15, 0.2) is 36.4 Å². The Kier molecular flexibility index (Phi) is 7.10. The van der Waals surface area contributed by atoms with Gasteiger partial charge in [0.15, 0.2) is 0 Å². The Hall–Kier alpha value is -1.85. The molecule has 1 aliphatic carbocycles. The highest BCUT2D eigenvalue weighted by Gasteiger charge is 2.19. The summed E-state index contributed by atoms with van der Waals surface area (Å²) < 4.78 is 10.6. The smallest absolute Gasteiger partial charge is 0.223 e. The highest BCUT2D eigenvalue weighted by molar-refractivity contribution is 5.78. The molecule has 2 rings (SSSR count). The predicted octanol–water partition coefficient (Wildman–Crippen LogP) is 2.05. The van der Waals surface area contributed by atoms with E-state index in [2.05, 4.69) is 11.4 Å². The second-order valence-electron chi connectivity index (χ2n) is 5.74. The second kappa shape index (κ2) is 9.33. The van der Waals surface area contributed by atoms with Crippen LogP contribution in [0.5, 0.6) is 5.75 Å². The van der Waals surface area contributed by atoms with Crippen LogP contribution in [0, 0.1) is 5.92 Å². The number of carbonyl (C=O) groups excluding carboxylic acids is 1. The van der Waals surface area contributed by atoms with E-state index in [0.29, 0.717) is 6.61 Å². The average Bonchev–Trinajstić information content (AvgIpc) is 2.61. The molecule has 1 amide bonds. The van der Waals surface area contributed by atoms with Crippen molar-refractivity contribution in [3.63, 3.8) is 0 Å². The number of carbonyl (C=O) groups is 1. The van der Waals surface area contributed by atoms with Crippen LogP contribution >= 0.6 is 0 Å². The van der Waals surface area contributed by atoms with Gasteiger partial charge in [-0.15, -0.1) is 0 Å². The van der Waals surface area contributed by atoms with Crippen molar-refractivity contribution in [1.29, 1.82) is 0 Å². The molecule has 1 aliphatic rings. The van der Waals surface area contributed by atoms with Crippen LogP contribution in [0.1, 0.15) is 24.8 Å². The molecule has 126 valence electrons. The summed E-state index contributed by atoms with van der Waals surface area (Å²) in [6.45, 7) is 0.834. The number of benzene rings is 1. The molecule has 0 heterocycles. The Morgan fingerprint density at radius 2 is 2.13 bits per heavy atom. The van der Waals surface area contributed by atoms with Crippen molar-refractivity contribution >= 4 is 5.91 Å². The molecule has 1 aromatic rings. The van der Waals surface area contributed by atoms with E-state index in [4.69, 9.17) is 9.47 Å². The van der Waals surface area contributed by atoms with Crippen molar-refractivity contribution in [1.82, 2.24) is 5.32 Å². The van der Waals surface area contributed by atoms with E-state index in [1.54, 1.807) is 7.11 Å². The number of amides is 1. The molecule has 5 heteroatoms. The molecular formula is C18H25NO4. The average molecular weight is 319 g/mol. The molecule has 2 atom stereocenters. The number of aliphatic hydroxyl groups excluding tert-OH is 1. The molecule has 0 saturated heterocycles. The third-order valence-electron chi connectivity index (χ3n) is 3.89. The molecule has 0 radical (unpaired) electrons. The summed E-state index contributed by atoms with van der Waals surface area (Å²) in [6.07, 6.45) is 6.07. The van der Waals surface area contributed by atoms with Gasteiger partial charge in [-0.1, -0.05) is 24.3 Å². The Morgan fingerprint density at radius 3 is 2.78 bits per heavy atom. The van der Waals surface area contributed by atoms with E-state index in [-0.39, 0.29) is 25.0 Å². The topological polar surface area (TPSA) is 67.8 Å². The van der Waals surface area contributed by atoms with Crippen LogP contribution < -0.4 is 10.1 Å². The van der Waals surface area contributed by atoms with Gasteiger partial charge >= 0.3 is 0 Å². The number of aliphatic hydroxyl groups is 1. The fraction of sp³-hybridized carbons (Fsp3) is 0.500. The SMILES string of the molecule is COc1ccc(COC[C@H](O)CNC(=O)[C@H]2CC=CCC2)cc1. The van der Waals surface area contributed by atoms with Gasteiger partial charge in [0.05, 0.1) is 26.4 Å². The van der Waals surface area contributed by atoms with Crippen LogP contribution in [0.4, 0.5) is 0 Å². The van der Waals surface area contributed by atoms with Crippen molar-refractivity contribution in [3.05, 3.63) is 42.0 Å². The second-order valence-corrected chi connectivity index (χ2v) is 5.74. The van der Waals surface area contributed by atoms with Gasteiger partial charge in [0.2, 0.25) is 5.91 Å². The fourth-order valence-corrected chi connectivity index (χ4v) is 2.49. The van der Waals surface area contributed by atoms with E-state index in [1.165, 1.54) is 0 Å². The van der Waals surface area contributed by atoms with Gasteiger partial charge in [-0.25, -0.2) is 0 Å². The monoisotopic (exact) mass is 319 g/mol. The maximum atomic E-state index is 11.9. The number of hydrogen-bond acceptors (Lipinski definition) is 4. The lowest BCUT2D eigenvalue weighted by Crippen LogP contribution is -2.38. The lowest BCUT2D eigenvalue weighted by atomic mass is 9.94. The molecule has 0 bridgehead atoms. The van der Waals surface area contributed by atoms with Crippen LogP contribution in [0.2, 0.25) is 0 Å². The van der Waals surface area contributed by atoms with Crippen molar-refractivity contribution in [2.75, 3.05) is 20.3 Å². The minimum absolute atomic E-state index is 0.0172. The Balaban J connectivity index is 1.61. The maximum absolute atomic E-state index is 11.9. The van der Waals surface area contributed by atoms with Crippen molar-refractivity contribution in [3.8, 4) is 5.75 Å². The van der Waals surface area contributed by atoms with Crippen LogP contribution in [-0.4, -0.2) is 37.4 Å². The first-order valence-corrected chi connectivity index (χ1v) is 8.00. The molecule has 0 saturated carbocycles. The Bertz CT molecular complexity index is 512. The largest absolute Gasteiger partial charge is 0.497 e. The third kappa shape index (κ3) is 6.04. The van der Waals surface area contributed by atoms with Crippen molar-refractivity contribution < 1.29 is 19.4 Å². The quantitative estimate of drug-likeness (QED) is 0.720. The van der Waals surface area contributed by atoms with Crippen LogP contribution in [-0.2, 0) is 16.1 Å². The number of allylic oxidation sites excluding steroid dienone is 2. The Morgan fingerprint density at radius 1 is 1.35 bits per heavy atom. The van der Waals surface area contributed by atoms with Crippen molar-refractivity contribution in [2.24, 2.45) is 5.92 Å². The number of nitrogens with one attached hydrogen (secondary N) is 1. The molecule has 0 aliphatic heterocycles. The molecule has 0 aromatic heterocycles. The molecule has 0 spiro atoms. The molecule has 1 aromatic carbocycles. The zero-order chi connectivity index (χ0) is 16.5. The molecular weight excluding hydrogens is 294 g/mol. The van der Waals surface area contributed by atoms with Gasteiger partial charge in [0.25, 0.3) is 0 Å². The van der Waals surface area contributed by atoms with Crippen molar-refractivity contribution in [2.45, 2.75) is 32.0 Å². The van der Waals surface area contributed by atoms with Crippen LogP contribution in [0.25, 0.3) is 0 Å². The molecule has 0 fully saturated rings. The standard InChI is InChI=1S/C18H25NO4/c1-22-17-9-7-14(8-10-17)12-23-13-16(20)11-19-18(21)15-5-3-2-4-6-15/h2-3,7-10,15-16,20H,4-6,11-13H2,1H3,(H,19,21)/t15-,16+/m0/s1. The van der Waals surface area contributed by atoms with Gasteiger partial charge in [-0.3, -0.25) is 4.79 Å². The normalized spacial score (nSPS) is 18.4. The first-order chi connectivity index (χ1) is 11.2. The third-order valence-corrected chi connectivity index (χ3v) is 3.89. The fourth-order valence-electron chi connectivity index (χ4n) is 2.49. The zero-order valence-electron chi connectivity index (χ0n) is 13.5. The van der Waals surface area contributed by atoms with E-state index in [1.807, 2.05) is 30.3 Å². The van der Waals surface area contributed by atoms with E-state index >= 15 is 0 Å². The summed E-state index contributed by atoms with van der Waals surface area (Å²) in [5.41, 5.74) is 1.01. The van der Waals surface area contributed by atoms with Gasteiger partial charge in [-0.05, 0) is 37.0 Å². The highest BCUT2D eigenvalue weighted by atomic mass is 16.5. The summed E-state index contributed by atoms with van der Waals surface area (Å²) in [4.78, 5) is 11.9. The molecule has 0 unspecified atom stereocenters. The summed E-state index contributed by atoms with van der Waals surface area (Å²) in [7, 11) is 1.62. The first-order valence-electron chi connectivity index (χ1n) is 8.00. The maximum Gasteiger partial charge on any atom is 0.223 e. The van der Waals surface area contributed by atoms with Gasteiger partial charge in [0.1, 0.15) is 5.75 Å². The summed E-state index contributed by atoms with van der Waals surface area (Å²) in [5.74, 6) is 0.852. The molecule has 2 N–H and O–H groups in total. The Labute approximate surface area is 137 Å². The lowest BCUT2D eigenvalue weighted by Gasteiger charge is -2.19. The van der Waals surface area contributed by atoms with Crippen LogP contribution in [0.3, 0.4) is 0 Å². The van der Waals surface area contributed by atoms with Gasteiger partial charge in [-0.2, -0.15) is 0 Å². The lowest BCUT2D eigenvalue weighted by molar-refractivity contribution is -0.125. The number of rotatable bonds is 8. The van der Waals surface area contributed by atoms with E-state index in [9.17, 15) is 9.90 Å².